The zero-order chi connectivity index (χ0) is 9.73. The first-order valence-corrected chi connectivity index (χ1v) is 5.71. The molecule has 0 aromatic carbocycles. The standard InChI is InChI=1S/C11H17NS/c1-11(2,3)9-13-8-10-6-4-5-7-12-10/h4-7H,8-9H2,1-3H3. The van der Waals surface area contributed by atoms with Crippen molar-refractivity contribution < 1.29 is 0 Å². The lowest BCUT2D eigenvalue weighted by atomic mass is 10.0. The molecule has 0 radical (unpaired) electrons. The summed E-state index contributed by atoms with van der Waals surface area (Å²) in [5, 5.41) is 0. The third-order valence-corrected chi connectivity index (χ3v) is 3.08. The summed E-state index contributed by atoms with van der Waals surface area (Å²) in [5.41, 5.74) is 1.59. The fourth-order valence-corrected chi connectivity index (χ4v) is 2.04. The van der Waals surface area contributed by atoms with Crippen LogP contribution < -0.4 is 0 Å². The van der Waals surface area contributed by atoms with Gasteiger partial charge in [0.25, 0.3) is 0 Å². The van der Waals surface area contributed by atoms with Crippen molar-refractivity contribution in [2.24, 2.45) is 5.41 Å². The molecule has 0 bridgehead atoms. The van der Waals surface area contributed by atoms with Crippen LogP contribution in [0.4, 0.5) is 0 Å². The molecular formula is C11H17NS. The molecule has 2 heteroatoms. The van der Waals surface area contributed by atoms with E-state index in [-0.39, 0.29) is 0 Å². The van der Waals surface area contributed by atoms with E-state index in [1.54, 1.807) is 0 Å². The molecule has 1 aromatic heterocycles. The Hall–Kier alpha value is -0.500. The number of hydrogen-bond acceptors (Lipinski definition) is 2. The second kappa shape index (κ2) is 4.66. The smallest absolute Gasteiger partial charge is 0.0502 e. The summed E-state index contributed by atoms with van der Waals surface area (Å²) in [5.74, 6) is 2.21. The Balaban J connectivity index is 2.29. The predicted octanol–water partition coefficient (Wildman–Crippen LogP) is 3.36. The van der Waals surface area contributed by atoms with E-state index in [2.05, 4.69) is 31.8 Å². The quantitative estimate of drug-likeness (QED) is 0.733. The highest BCUT2D eigenvalue weighted by Crippen LogP contribution is 2.22. The minimum atomic E-state index is 0.416. The van der Waals surface area contributed by atoms with Gasteiger partial charge in [-0.05, 0) is 23.3 Å². The van der Waals surface area contributed by atoms with Gasteiger partial charge in [-0.25, -0.2) is 0 Å². The lowest BCUT2D eigenvalue weighted by molar-refractivity contribution is 0.480. The van der Waals surface area contributed by atoms with Crippen LogP contribution in [0.15, 0.2) is 24.4 Å². The third-order valence-electron chi connectivity index (χ3n) is 1.51. The van der Waals surface area contributed by atoms with E-state index in [0.717, 1.165) is 5.75 Å². The number of thioether (sulfide) groups is 1. The van der Waals surface area contributed by atoms with Gasteiger partial charge < -0.3 is 0 Å². The van der Waals surface area contributed by atoms with Gasteiger partial charge in [0.15, 0.2) is 0 Å². The number of aromatic nitrogens is 1. The van der Waals surface area contributed by atoms with Crippen LogP contribution in [0.3, 0.4) is 0 Å². The molecule has 0 N–H and O–H groups in total. The second-order valence-corrected chi connectivity index (χ2v) is 5.36. The zero-order valence-electron chi connectivity index (χ0n) is 8.58. The molecule has 0 aliphatic heterocycles. The Morgan fingerprint density at radius 3 is 2.62 bits per heavy atom. The first-order chi connectivity index (χ1) is 6.08. The van der Waals surface area contributed by atoms with E-state index in [1.165, 1.54) is 11.4 Å². The van der Waals surface area contributed by atoms with Crippen molar-refractivity contribution in [2.75, 3.05) is 5.75 Å². The van der Waals surface area contributed by atoms with Gasteiger partial charge in [0.2, 0.25) is 0 Å². The lowest BCUT2D eigenvalue weighted by Crippen LogP contribution is -2.08. The summed E-state index contributed by atoms with van der Waals surface area (Å²) < 4.78 is 0. The monoisotopic (exact) mass is 195 g/mol. The molecule has 0 unspecified atom stereocenters. The highest BCUT2D eigenvalue weighted by Gasteiger charge is 2.09. The van der Waals surface area contributed by atoms with E-state index < -0.39 is 0 Å². The van der Waals surface area contributed by atoms with Crippen molar-refractivity contribution in [1.29, 1.82) is 0 Å². The summed E-state index contributed by atoms with van der Waals surface area (Å²) in [6, 6.07) is 6.08. The van der Waals surface area contributed by atoms with Crippen LogP contribution in [0.1, 0.15) is 26.5 Å². The van der Waals surface area contributed by atoms with E-state index in [1.807, 2.05) is 30.1 Å². The van der Waals surface area contributed by atoms with Crippen LogP contribution in [0.25, 0.3) is 0 Å². The fraction of sp³-hybridized carbons (Fsp3) is 0.545. The van der Waals surface area contributed by atoms with Crippen molar-refractivity contribution >= 4 is 11.8 Å². The molecule has 1 heterocycles. The average Bonchev–Trinajstić information content (AvgIpc) is 2.04. The second-order valence-electron chi connectivity index (χ2n) is 4.37. The van der Waals surface area contributed by atoms with E-state index in [4.69, 9.17) is 0 Å². The SMILES string of the molecule is CC(C)(C)CSCc1ccccn1. The predicted molar refractivity (Wildman–Crippen MR) is 59.9 cm³/mol. The maximum Gasteiger partial charge on any atom is 0.0502 e. The van der Waals surface area contributed by atoms with Crippen LogP contribution in [0.2, 0.25) is 0 Å². The number of hydrogen-bond donors (Lipinski definition) is 0. The normalized spacial score (nSPS) is 11.6. The van der Waals surface area contributed by atoms with Gasteiger partial charge in [0.1, 0.15) is 0 Å². The molecule has 0 amide bonds. The van der Waals surface area contributed by atoms with Crippen molar-refractivity contribution in [3.05, 3.63) is 30.1 Å². The van der Waals surface area contributed by atoms with Crippen molar-refractivity contribution in [3.63, 3.8) is 0 Å². The van der Waals surface area contributed by atoms with Crippen LogP contribution >= 0.6 is 11.8 Å². The first-order valence-electron chi connectivity index (χ1n) is 4.55. The largest absolute Gasteiger partial charge is 0.260 e. The Bertz CT molecular complexity index is 238. The third kappa shape index (κ3) is 4.94. The summed E-state index contributed by atoms with van der Waals surface area (Å²) in [6.07, 6.45) is 1.85. The molecule has 0 saturated carbocycles. The lowest BCUT2D eigenvalue weighted by Gasteiger charge is -2.16. The van der Waals surface area contributed by atoms with Gasteiger partial charge in [-0.1, -0.05) is 26.8 Å². The maximum absolute atomic E-state index is 4.28. The molecule has 0 atom stereocenters. The molecule has 0 fully saturated rings. The van der Waals surface area contributed by atoms with Gasteiger partial charge in [-0.3, -0.25) is 4.98 Å². The van der Waals surface area contributed by atoms with Crippen molar-refractivity contribution in [2.45, 2.75) is 26.5 Å². The summed E-state index contributed by atoms with van der Waals surface area (Å²) in [7, 11) is 0. The van der Waals surface area contributed by atoms with E-state index >= 15 is 0 Å². The Morgan fingerprint density at radius 2 is 2.08 bits per heavy atom. The zero-order valence-corrected chi connectivity index (χ0v) is 9.40. The van der Waals surface area contributed by atoms with Gasteiger partial charge >= 0.3 is 0 Å². The van der Waals surface area contributed by atoms with Crippen molar-refractivity contribution in [3.8, 4) is 0 Å². The molecule has 0 aliphatic carbocycles. The minimum absolute atomic E-state index is 0.416. The number of pyridine rings is 1. The maximum atomic E-state index is 4.28. The van der Waals surface area contributed by atoms with Gasteiger partial charge in [0.05, 0.1) is 5.69 Å². The topological polar surface area (TPSA) is 12.9 Å². The average molecular weight is 195 g/mol. The molecule has 0 spiro atoms. The highest BCUT2D eigenvalue weighted by atomic mass is 32.2. The van der Waals surface area contributed by atoms with E-state index in [0.29, 0.717) is 5.41 Å². The van der Waals surface area contributed by atoms with Crippen molar-refractivity contribution in [1.82, 2.24) is 4.98 Å². The summed E-state index contributed by atoms with van der Waals surface area (Å²) >= 11 is 1.95. The van der Waals surface area contributed by atoms with E-state index in [9.17, 15) is 0 Å². The van der Waals surface area contributed by atoms with Crippen LogP contribution in [0.5, 0.6) is 0 Å². The molecule has 72 valence electrons. The van der Waals surface area contributed by atoms with Crippen LogP contribution in [-0.2, 0) is 5.75 Å². The Morgan fingerprint density at radius 1 is 1.31 bits per heavy atom. The Kier molecular flexibility index (Phi) is 3.79. The van der Waals surface area contributed by atoms with Gasteiger partial charge in [0, 0.05) is 11.9 Å². The molecular weight excluding hydrogens is 178 g/mol. The van der Waals surface area contributed by atoms with Crippen LogP contribution in [-0.4, -0.2) is 10.7 Å². The molecule has 1 rings (SSSR count). The first kappa shape index (κ1) is 10.6. The number of rotatable bonds is 3. The molecule has 1 nitrogen and oxygen atoms in total. The summed E-state index contributed by atoms with van der Waals surface area (Å²) in [4.78, 5) is 4.28. The molecule has 0 aliphatic rings. The minimum Gasteiger partial charge on any atom is -0.260 e. The van der Waals surface area contributed by atoms with Crippen LogP contribution in [0, 0.1) is 5.41 Å². The van der Waals surface area contributed by atoms with Gasteiger partial charge in [-0.15, -0.1) is 0 Å². The summed E-state index contributed by atoms with van der Waals surface area (Å²) in [6.45, 7) is 6.79. The van der Waals surface area contributed by atoms with Gasteiger partial charge in [-0.2, -0.15) is 11.8 Å². The highest BCUT2D eigenvalue weighted by molar-refractivity contribution is 7.98. The fourth-order valence-electron chi connectivity index (χ4n) is 0.945. The molecule has 1 aromatic rings. The molecule has 0 saturated heterocycles. The number of nitrogens with zero attached hydrogens (tertiary/aromatic N) is 1. The molecule has 13 heavy (non-hydrogen) atoms. The Labute approximate surface area is 85.0 Å².